The molecule has 6 heteroatoms. The van der Waals surface area contributed by atoms with Crippen LogP contribution >= 0.6 is 0 Å². The van der Waals surface area contributed by atoms with Crippen LogP contribution < -0.4 is 4.74 Å². The van der Waals surface area contributed by atoms with Crippen molar-refractivity contribution in [3.63, 3.8) is 0 Å². The van der Waals surface area contributed by atoms with Crippen molar-refractivity contribution in [2.75, 3.05) is 0 Å². The van der Waals surface area contributed by atoms with E-state index in [1.807, 2.05) is 0 Å². The second kappa shape index (κ2) is 4.12. The molecular weight excluding hydrogens is 233 g/mol. The van der Waals surface area contributed by atoms with E-state index in [0.717, 1.165) is 0 Å². The van der Waals surface area contributed by atoms with Crippen LogP contribution in [-0.2, 0) is 0 Å². The van der Waals surface area contributed by atoms with Crippen LogP contribution in [0.3, 0.4) is 0 Å². The summed E-state index contributed by atoms with van der Waals surface area (Å²) >= 11 is 0. The molecular formula is C11H9F3N2O. The van der Waals surface area contributed by atoms with Crippen LogP contribution in [0.15, 0.2) is 36.8 Å². The fourth-order valence-electron chi connectivity index (χ4n) is 1.43. The van der Waals surface area contributed by atoms with Crippen LogP contribution in [0.2, 0.25) is 0 Å². The lowest BCUT2D eigenvalue weighted by Gasteiger charge is -2.13. The highest BCUT2D eigenvalue weighted by Gasteiger charge is 2.32. The van der Waals surface area contributed by atoms with Gasteiger partial charge in [-0.2, -0.15) is 0 Å². The predicted octanol–water partition coefficient (Wildman–Crippen LogP) is 3.08. The maximum atomic E-state index is 12.2. The fraction of sp³-hybridized carbons (Fsp3) is 0.182. The van der Waals surface area contributed by atoms with Gasteiger partial charge in [0.25, 0.3) is 0 Å². The van der Waals surface area contributed by atoms with E-state index in [4.69, 9.17) is 0 Å². The first kappa shape index (κ1) is 11.5. The quantitative estimate of drug-likeness (QED) is 0.809. The number of aryl methyl sites for hydroxylation is 1. The Bertz CT molecular complexity index is 519. The summed E-state index contributed by atoms with van der Waals surface area (Å²) in [6, 6.07) is 5.91. The number of benzene rings is 1. The summed E-state index contributed by atoms with van der Waals surface area (Å²) in [5.74, 6) is -0.252. The average molecular weight is 242 g/mol. The molecule has 0 saturated heterocycles. The second-order valence-corrected chi connectivity index (χ2v) is 3.44. The van der Waals surface area contributed by atoms with Crippen molar-refractivity contribution in [2.24, 2.45) is 0 Å². The summed E-state index contributed by atoms with van der Waals surface area (Å²) in [6.45, 7) is 1.75. The summed E-state index contributed by atoms with van der Waals surface area (Å²) in [5.41, 5.74) is 1.01. The standard InChI is InChI=1S/C11H9F3N2O/c1-8-6-16(7-15-8)9-4-2-3-5-10(9)17-11(12,13)14/h2-7H,1H3. The molecule has 0 unspecified atom stereocenters. The molecule has 1 heterocycles. The Kier molecular flexibility index (Phi) is 2.79. The summed E-state index contributed by atoms with van der Waals surface area (Å²) in [4.78, 5) is 3.96. The molecule has 0 fully saturated rings. The minimum absolute atomic E-state index is 0.252. The molecule has 0 atom stereocenters. The summed E-state index contributed by atoms with van der Waals surface area (Å²) in [7, 11) is 0. The lowest BCUT2D eigenvalue weighted by atomic mass is 10.3. The van der Waals surface area contributed by atoms with Crippen molar-refractivity contribution in [3.05, 3.63) is 42.5 Å². The Morgan fingerprint density at radius 2 is 1.94 bits per heavy atom. The number of aromatic nitrogens is 2. The van der Waals surface area contributed by atoms with Crippen LogP contribution in [-0.4, -0.2) is 15.9 Å². The van der Waals surface area contributed by atoms with E-state index in [1.165, 1.54) is 29.1 Å². The number of alkyl halides is 3. The van der Waals surface area contributed by atoms with Crippen molar-refractivity contribution in [2.45, 2.75) is 13.3 Å². The highest BCUT2D eigenvalue weighted by molar-refractivity contribution is 5.46. The van der Waals surface area contributed by atoms with Gasteiger partial charge in [-0.1, -0.05) is 12.1 Å². The second-order valence-electron chi connectivity index (χ2n) is 3.44. The van der Waals surface area contributed by atoms with E-state index in [0.29, 0.717) is 11.4 Å². The third-order valence-electron chi connectivity index (χ3n) is 2.08. The monoisotopic (exact) mass is 242 g/mol. The Hall–Kier alpha value is -1.98. The number of halogens is 3. The highest BCUT2D eigenvalue weighted by atomic mass is 19.4. The Morgan fingerprint density at radius 3 is 2.53 bits per heavy atom. The van der Waals surface area contributed by atoms with Gasteiger partial charge in [0.1, 0.15) is 0 Å². The van der Waals surface area contributed by atoms with E-state index in [-0.39, 0.29) is 5.75 Å². The fourth-order valence-corrected chi connectivity index (χ4v) is 1.43. The van der Waals surface area contributed by atoms with Crippen LogP contribution in [0.4, 0.5) is 13.2 Å². The summed E-state index contributed by atoms with van der Waals surface area (Å²) < 4.78 is 42.0. The van der Waals surface area contributed by atoms with E-state index >= 15 is 0 Å². The topological polar surface area (TPSA) is 27.1 Å². The van der Waals surface area contributed by atoms with Crippen molar-refractivity contribution in [1.29, 1.82) is 0 Å². The third kappa shape index (κ3) is 2.77. The van der Waals surface area contributed by atoms with Crippen molar-refractivity contribution < 1.29 is 17.9 Å². The molecule has 0 spiro atoms. The normalized spacial score (nSPS) is 11.5. The number of imidazole rings is 1. The number of hydrogen-bond donors (Lipinski definition) is 0. The van der Waals surface area contributed by atoms with Crippen LogP contribution in [0.25, 0.3) is 5.69 Å². The van der Waals surface area contributed by atoms with E-state index in [1.54, 1.807) is 19.2 Å². The van der Waals surface area contributed by atoms with E-state index in [9.17, 15) is 13.2 Å². The smallest absolute Gasteiger partial charge is 0.404 e. The van der Waals surface area contributed by atoms with E-state index < -0.39 is 6.36 Å². The van der Waals surface area contributed by atoms with Crippen molar-refractivity contribution >= 4 is 0 Å². The average Bonchev–Trinajstić information content (AvgIpc) is 2.63. The SMILES string of the molecule is Cc1cn(-c2ccccc2OC(F)(F)F)cn1. The molecule has 1 aromatic carbocycles. The molecule has 0 aliphatic carbocycles. The van der Waals surface area contributed by atoms with Crippen LogP contribution in [0.1, 0.15) is 5.69 Å². The van der Waals surface area contributed by atoms with Gasteiger partial charge < -0.3 is 9.30 Å². The molecule has 1 aromatic heterocycles. The molecule has 17 heavy (non-hydrogen) atoms. The number of nitrogens with zero attached hydrogens (tertiary/aromatic N) is 2. The van der Waals surface area contributed by atoms with Gasteiger partial charge in [-0.3, -0.25) is 0 Å². The maximum Gasteiger partial charge on any atom is 0.573 e. The molecule has 3 nitrogen and oxygen atoms in total. The Balaban J connectivity index is 2.41. The minimum Gasteiger partial charge on any atom is -0.404 e. The van der Waals surface area contributed by atoms with Gasteiger partial charge in [-0.05, 0) is 19.1 Å². The molecule has 0 bridgehead atoms. The van der Waals surface area contributed by atoms with Gasteiger partial charge in [-0.15, -0.1) is 13.2 Å². The zero-order valence-corrected chi connectivity index (χ0v) is 8.90. The van der Waals surface area contributed by atoms with Gasteiger partial charge in [0.15, 0.2) is 5.75 Å². The third-order valence-corrected chi connectivity index (χ3v) is 2.08. The summed E-state index contributed by atoms with van der Waals surface area (Å²) in [6.07, 6.45) is -1.64. The van der Waals surface area contributed by atoms with Crippen molar-refractivity contribution in [1.82, 2.24) is 9.55 Å². The van der Waals surface area contributed by atoms with Gasteiger partial charge in [0, 0.05) is 6.20 Å². The molecule has 0 N–H and O–H groups in total. The maximum absolute atomic E-state index is 12.2. The molecule has 0 saturated carbocycles. The van der Waals surface area contributed by atoms with Crippen LogP contribution in [0, 0.1) is 6.92 Å². The molecule has 0 amide bonds. The molecule has 0 aliphatic rings. The van der Waals surface area contributed by atoms with Gasteiger partial charge in [-0.25, -0.2) is 4.98 Å². The zero-order chi connectivity index (χ0) is 12.5. The number of para-hydroxylation sites is 2. The predicted molar refractivity (Wildman–Crippen MR) is 55.0 cm³/mol. The lowest BCUT2D eigenvalue weighted by Crippen LogP contribution is -2.18. The Morgan fingerprint density at radius 1 is 1.24 bits per heavy atom. The van der Waals surface area contributed by atoms with E-state index in [2.05, 4.69) is 9.72 Å². The summed E-state index contributed by atoms with van der Waals surface area (Å²) in [5, 5.41) is 0. The lowest BCUT2D eigenvalue weighted by molar-refractivity contribution is -0.274. The van der Waals surface area contributed by atoms with Gasteiger partial charge in [0.05, 0.1) is 17.7 Å². The number of ether oxygens (including phenoxy) is 1. The number of hydrogen-bond acceptors (Lipinski definition) is 2. The molecule has 2 aromatic rings. The molecule has 2 rings (SSSR count). The largest absolute Gasteiger partial charge is 0.573 e. The first-order chi connectivity index (χ1) is 7.96. The van der Waals surface area contributed by atoms with Crippen LogP contribution in [0.5, 0.6) is 5.75 Å². The first-order valence-corrected chi connectivity index (χ1v) is 4.81. The highest BCUT2D eigenvalue weighted by Crippen LogP contribution is 2.28. The number of rotatable bonds is 2. The molecule has 90 valence electrons. The van der Waals surface area contributed by atoms with Crippen molar-refractivity contribution in [3.8, 4) is 11.4 Å². The first-order valence-electron chi connectivity index (χ1n) is 4.81. The van der Waals surface area contributed by atoms with Gasteiger partial charge >= 0.3 is 6.36 Å². The zero-order valence-electron chi connectivity index (χ0n) is 8.90. The molecule has 0 radical (unpaired) electrons. The molecule has 0 aliphatic heterocycles. The minimum atomic E-state index is -4.70. The van der Waals surface area contributed by atoms with Gasteiger partial charge in [0.2, 0.25) is 0 Å². The Labute approximate surface area is 95.5 Å².